The number of rotatable bonds is 5. The van der Waals surface area contributed by atoms with Gasteiger partial charge in [-0.15, -0.1) is 0 Å². The number of hydrogen-bond donors (Lipinski definition) is 2. The molecule has 2 rings (SSSR count). The molecule has 1 aromatic carbocycles. The Morgan fingerprint density at radius 2 is 2.33 bits per heavy atom. The van der Waals surface area contributed by atoms with Crippen LogP contribution in [0.25, 0.3) is 11.1 Å². The van der Waals surface area contributed by atoms with Crippen LogP contribution in [0.4, 0.5) is 5.69 Å². The van der Waals surface area contributed by atoms with E-state index in [9.17, 15) is 4.79 Å². The Balaban J connectivity index is 2.09. The van der Waals surface area contributed by atoms with E-state index in [2.05, 4.69) is 10.3 Å². The van der Waals surface area contributed by atoms with Crippen LogP contribution in [0.2, 0.25) is 0 Å². The van der Waals surface area contributed by atoms with Gasteiger partial charge in [-0.1, -0.05) is 6.92 Å². The number of benzene rings is 1. The Morgan fingerprint density at radius 1 is 1.56 bits per heavy atom. The van der Waals surface area contributed by atoms with E-state index in [1.165, 1.54) is 0 Å². The number of carbonyl (C=O) groups is 1. The van der Waals surface area contributed by atoms with Gasteiger partial charge in [-0.25, -0.2) is 4.98 Å². The van der Waals surface area contributed by atoms with Crippen molar-refractivity contribution in [3.8, 4) is 0 Å². The van der Waals surface area contributed by atoms with Crippen molar-refractivity contribution in [2.45, 2.75) is 20.3 Å². The average Bonchev–Trinajstić information content (AvgIpc) is 2.68. The van der Waals surface area contributed by atoms with Crippen LogP contribution >= 0.6 is 0 Å². The quantitative estimate of drug-likeness (QED) is 0.850. The van der Waals surface area contributed by atoms with Gasteiger partial charge in [-0.05, 0) is 18.6 Å². The number of nitrogens with zero attached hydrogens (tertiary/aromatic N) is 1. The van der Waals surface area contributed by atoms with Gasteiger partial charge >= 0.3 is 5.97 Å². The standard InChI is InChI=1S/C13H16N2O3/c1-3-9(13(16)17)7-14-10-4-5-11-12(6-10)18-8(2)15-11/h4-6,9,14H,3,7H2,1-2H3,(H,16,17). The Bertz CT molecular complexity index is 562. The van der Waals surface area contributed by atoms with Crippen LogP contribution in [0.15, 0.2) is 22.6 Å². The fourth-order valence-corrected chi connectivity index (χ4v) is 1.80. The van der Waals surface area contributed by atoms with Crippen molar-refractivity contribution < 1.29 is 14.3 Å². The van der Waals surface area contributed by atoms with E-state index < -0.39 is 5.97 Å². The van der Waals surface area contributed by atoms with Gasteiger partial charge in [0.25, 0.3) is 0 Å². The first-order valence-electron chi connectivity index (χ1n) is 5.94. The van der Waals surface area contributed by atoms with Crippen molar-refractivity contribution in [1.29, 1.82) is 0 Å². The topological polar surface area (TPSA) is 75.4 Å². The lowest BCUT2D eigenvalue weighted by Gasteiger charge is -2.11. The van der Waals surface area contributed by atoms with Gasteiger partial charge in [0.15, 0.2) is 11.5 Å². The number of anilines is 1. The zero-order valence-corrected chi connectivity index (χ0v) is 10.4. The molecule has 1 heterocycles. The summed E-state index contributed by atoms with van der Waals surface area (Å²) in [4.78, 5) is 15.1. The summed E-state index contributed by atoms with van der Waals surface area (Å²) in [6, 6.07) is 5.57. The molecule has 0 aliphatic rings. The predicted octanol–water partition coefficient (Wildman–Crippen LogP) is 2.66. The van der Waals surface area contributed by atoms with E-state index in [0.717, 1.165) is 11.2 Å². The maximum atomic E-state index is 10.9. The number of aromatic nitrogens is 1. The van der Waals surface area contributed by atoms with Gasteiger partial charge in [-0.3, -0.25) is 4.79 Å². The normalized spacial score (nSPS) is 12.6. The zero-order valence-electron chi connectivity index (χ0n) is 10.4. The van der Waals surface area contributed by atoms with E-state index >= 15 is 0 Å². The second-order valence-electron chi connectivity index (χ2n) is 4.24. The van der Waals surface area contributed by atoms with Crippen LogP contribution in [0.3, 0.4) is 0 Å². The Hall–Kier alpha value is -2.04. The summed E-state index contributed by atoms with van der Waals surface area (Å²) in [6.07, 6.45) is 0.603. The molecule has 0 amide bonds. The second kappa shape index (κ2) is 5.08. The molecule has 96 valence electrons. The predicted molar refractivity (Wildman–Crippen MR) is 68.7 cm³/mol. The van der Waals surface area contributed by atoms with Gasteiger partial charge in [0.2, 0.25) is 0 Å². The van der Waals surface area contributed by atoms with Crippen molar-refractivity contribution in [2.24, 2.45) is 5.92 Å². The van der Waals surface area contributed by atoms with Crippen molar-refractivity contribution >= 4 is 22.8 Å². The first-order valence-corrected chi connectivity index (χ1v) is 5.94. The van der Waals surface area contributed by atoms with Crippen LogP contribution in [0.1, 0.15) is 19.2 Å². The Labute approximate surface area is 105 Å². The van der Waals surface area contributed by atoms with Crippen LogP contribution < -0.4 is 5.32 Å². The summed E-state index contributed by atoms with van der Waals surface area (Å²) in [5.74, 6) is -0.530. The van der Waals surface area contributed by atoms with Gasteiger partial charge in [0.1, 0.15) is 5.52 Å². The number of carboxylic acid groups (broad SMARTS) is 1. The third-order valence-electron chi connectivity index (χ3n) is 2.89. The fourth-order valence-electron chi connectivity index (χ4n) is 1.80. The molecule has 5 heteroatoms. The average molecular weight is 248 g/mol. The molecule has 18 heavy (non-hydrogen) atoms. The molecular formula is C13H16N2O3. The summed E-state index contributed by atoms with van der Waals surface area (Å²) in [6.45, 7) is 4.07. The highest BCUT2D eigenvalue weighted by Crippen LogP contribution is 2.20. The van der Waals surface area contributed by atoms with E-state index in [-0.39, 0.29) is 5.92 Å². The molecule has 0 bridgehead atoms. The molecule has 2 aromatic rings. The monoisotopic (exact) mass is 248 g/mol. The molecule has 0 spiro atoms. The third kappa shape index (κ3) is 2.61. The molecule has 1 aromatic heterocycles. The molecule has 0 aliphatic heterocycles. The number of oxazole rings is 1. The maximum absolute atomic E-state index is 10.9. The number of fused-ring (bicyclic) bond motifs is 1. The third-order valence-corrected chi connectivity index (χ3v) is 2.89. The number of hydrogen-bond acceptors (Lipinski definition) is 4. The molecule has 1 atom stereocenters. The minimum Gasteiger partial charge on any atom is -0.481 e. The Morgan fingerprint density at radius 3 is 3.00 bits per heavy atom. The summed E-state index contributed by atoms with van der Waals surface area (Å²) in [5.41, 5.74) is 2.36. The summed E-state index contributed by atoms with van der Waals surface area (Å²) >= 11 is 0. The Kier molecular flexibility index (Phi) is 3.50. The molecule has 0 saturated heterocycles. The van der Waals surface area contributed by atoms with Gasteiger partial charge in [0.05, 0.1) is 5.92 Å². The molecular weight excluding hydrogens is 232 g/mol. The first-order chi connectivity index (χ1) is 8.60. The van der Waals surface area contributed by atoms with Gasteiger partial charge in [0, 0.05) is 25.2 Å². The number of carboxylic acids is 1. The molecule has 0 fully saturated rings. The van der Waals surface area contributed by atoms with Crippen LogP contribution in [0, 0.1) is 12.8 Å². The molecule has 2 N–H and O–H groups in total. The lowest BCUT2D eigenvalue weighted by molar-refractivity contribution is -0.141. The van der Waals surface area contributed by atoms with Crippen LogP contribution in [-0.4, -0.2) is 22.6 Å². The highest BCUT2D eigenvalue weighted by molar-refractivity contribution is 5.77. The number of nitrogens with one attached hydrogen (secondary N) is 1. The highest BCUT2D eigenvalue weighted by atomic mass is 16.4. The minimum atomic E-state index is -0.776. The number of aliphatic carboxylic acids is 1. The van der Waals surface area contributed by atoms with E-state index in [0.29, 0.717) is 24.4 Å². The first kappa shape index (κ1) is 12.4. The largest absolute Gasteiger partial charge is 0.481 e. The summed E-state index contributed by atoms with van der Waals surface area (Å²) in [5, 5.41) is 12.1. The SMILES string of the molecule is CCC(CNc1ccc2nc(C)oc2c1)C(=O)O. The van der Waals surface area contributed by atoms with Crippen molar-refractivity contribution in [2.75, 3.05) is 11.9 Å². The maximum Gasteiger partial charge on any atom is 0.308 e. The summed E-state index contributed by atoms with van der Waals surface area (Å²) < 4.78 is 5.42. The lowest BCUT2D eigenvalue weighted by Crippen LogP contribution is -2.21. The van der Waals surface area contributed by atoms with Crippen LogP contribution in [-0.2, 0) is 4.79 Å². The van der Waals surface area contributed by atoms with E-state index in [1.54, 1.807) is 6.92 Å². The second-order valence-corrected chi connectivity index (χ2v) is 4.24. The molecule has 1 unspecified atom stereocenters. The van der Waals surface area contributed by atoms with E-state index in [4.69, 9.17) is 9.52 Å². The molecule has 0 radical (unpaired) electrons. The van der Waals surface area contributed by atoms with Crippen molar-refractivity contribution in [1.82, 2.24) is 4.98 Å². The molecule has 0 aliphatic carbocycles. The smallest absolute Gasteiger partial charge is 0.308 e. The minimum absolute atomic E-state index is 0.378. The van der Waals surface area contributed by atoms with Crippen molar-refractivity contribution in [3.63, 3.8) is 0 Å². The lowest BCUT2D eigenvalue weighted by atomic mass is 10.1. The highest BCUT2D eigenvalue weighted by Gasteiger charge is 2.14. The van der Waals surface area contributed by atoms with Gasteiger partial charge < -0.3 is 14.8 Å². The fraction of sp³-hybridized carbons (Fsp3) is 0.385. The summed E-state index contributed by atoms with van der Waals surface area (Å²) in [7, 11) is 0. The molecule has 0 saturated carbocycles. The van der Waals surface area contributed by atoms with Crippen LogP contribution in [0.5, 0.6) is 0 Å². The zero-order chi connectivity index (χ0) is 13.1. The molecule has 5 nitrogen and oxygen atoms in total. The number of aryl methyl sites for hydroxylation is 1. The van der Waals surface area contributed by atoms with Gasteiger partial charge in [-0.2, -0.15) is 0 Å². The van der Waals surface area contributed by atoms with E-state index in [1.807, 2.05) is 25.1 Å². The van der Waals surface area contributed by atoms with Crippen molar-refractivity contribution in [3.05, 3.63) is 24.1 Å².